The molecule has 1 aromatic heterocycles. The Morgan fingerprint density at radius 3 is 2.68 bits per heavy atom. The molecule has 3 heterocycles. The van der Waals surface area contributed by atoms with Crippen LogP contribution in [-0.2, 0) is 4.79 Å². The SMILES string of the molecule is O=C1CSC(c2cccc(F)c2)N1CCCN1CCN(c2ccccn2)CC1. The van der Waals surface area contributed by atoms with Gasteiger partial charge in [0.1, 0.15) is 17.0 Å². The fourth-order valence-electron chi connectivity index (χ4n) is 3.84. The van der Waals surface area contributed by atoms with Gasteiger partial charge >= 0.3 is 0 Å². The number of hydrogen-bond acceptors (Lipinski definition) is 5. The van der Waals surface area contributed by atoms with Crippen LogP contribution in [0.2, 0.25) is 0 Å². The van der Waals surface area contributed by atoms with Crippen LogP contribution >= 0.6 is 11.8 Å². The molecule has 7 heteroatoms. The van der Waals surface area contributed by atoms with Crippen LogP contribution in [0.25, 0.3) is 0 Å². The molecule has 1 aromatic carbocycles. The van der Waals surface area contributed by atoms with Gasteiger partial charge in [-0.05, 0) is 42.8 Å². The number of aromatic nitrogens is 1. The van der Waals surface area contributed by atoms with Gasteiger partial charge in [-0.1, -0.05) is 18.2 Å². The lowest BCUT2D eigenvalue weighted by atomic mass is 10.2. The topological polar surface area (TPSA) is 39.7 Å². The summed E-state index contributed by atoms with van der Waals surface area (Å²) < 4.78 is 13.6. The van der Waals surface area contributed by atoms with E-state index < -0.39 is 0 Å². The van der Waals surface area contributed by atoms with Gasteiger partial charge in [0.05, 0.1) is 5.75 Å². The number of halogens is 1. The second-order valence-electron chi connectivity index (χ2n) is 7.18. The third kappa shape index (κ3) is 4.47. The number of pyridine rings is 1. The zero-order valence-electron chi connectivity index (χ0n) is 15.8. The van der Waals surface area contributed by atoms with E-state index in [2.05, 4.69) is 20.9 Å². The number of hydrogen-bond donors (Lipinski definition) is 0. The predicted octanol–water partition coefficient (Wildman–Crippen LogP) is 3.01. The fourth-order valence-corrected chi connectivity index (χ4v) is 5.05. The first-order chi connectivity index (χ1) is 13.7. The van der Waals surface area contributed by atoms with Gasteiger partial charge in [0.15, 0.2) is 0 Å². The Hall–Kier alpha value is -2.12. The highest BCUT2D eigenvalue weighted by molar-refractivity contribution is 8.00. The molecule has 0 saturated carbocycles. The van der Waals surface area contributed by atoms with Crippen molar-refractivity contribution in [2.75, 3.05) is 49.9 Å². The Bertz CT molecular complexity index is 798. The maximum atomic E-state index is 13.6. The lowest BCUT2D eigenvalue weighted by molar-refractivity contribution is -0.128. The van der Waals surface area contributed by atoms with Crippen molar-refractivity contribution in [2.45, 2.75) is 11.8 Å². The summed E-state index contributed by atoms with van der Waals surface area (Å²) in [4.78, 5) is 23.4. The molecular weight excluding hydrogens is 375 g/mol. The highest BCUT2D eigenvalue weighted by Gasteiger charge is 2.32. The molecule has 2 aliphatic rings. The third-order valence-corrected chi connectivity index (χ3v) is 6.58. The Balaban J connectivity index is 1.26. The van der Waals surface area contributed by atoms with Gasteiger partial charge in [-0.15, -0.1) is 11.8 Å². The Morgan fingerprint density at radius 1 is 1.07 bits per heavy atom. The van der Waals surface area contributed by atoms with Gasteiger partial charge in [0.25, 0.3) is 0 Å². The minimum Gasteiger partial charge on any atom is -0.354 e. The second-order valence-corrected chi connectivity index (χ2v) is 8.24. The first-order valence-corrected chi connectivity index (χ1v) is 10.8. The molecule has 0 bridgehead atoms. The molecule has 2 saturated heterocycles. The van der Waals surface area contributed by atoms with Crippen molar-refractivity contribution in [3.63, 3.8) is 0 Å². The van der Waals surface area contributed by atoms with Crippen LogP contribution < -0.4 is 4.90 Å². The molecule has 0 spiro atoms. The average Bonchev–Trinajstić information content (AvgIpc) is 3.10. The lowest BCUT2D eigenvalue weighted by Gasteiger charge is -2.35. The highest BCUT2D eigenvalue weighted by Crippen LogP contribution is 2.38. The largest absolute Gasteiger partial charge is 0.354 e. The summed E-state index contributed by atoms with van der Waals surface area (Å²) in [6, 6.07) is 12.6. The van der Waals surface area contributed by atoms with Gasteiger partial charge in [-0.2, -0.15) is 0 Å². The van der Waals surface area contributed by atoms with Crippen LogP contribution in [0, 0.1) is 5.82 Å². The number of carbonyl (C=O) groups excluding carboxylic acids is 1. The quantitative estimate of drug-likeness (QED) is 0.746. The van der Waals surface area contributed by atoms with E-state index in [1.54, 1.807) is 23.9 Å². The number of carbonyl (C=O) groups is 1. The average molecular weight is 401 g/mol. The van der Waals surface area contributed by atoms with Crippen molar-refractivity contribution in [3.05, 3.63) is 60.0 Å². The summed E-state index contributed by atoms with van der Waals surface area (Å²) in [5.41, 5.74) is 0.875. The molecule has 2 aromatic rings. The summed E-state index contributed by atoms with van der Waals surface area (Å²) in [7, 11) is 0. The molecule has 2 aliphatic heterocycles. The second kappa shape index (κ2) is 8.92. The number of nitrogens with zero attached hydrogens (tertiary/aromatic N) is 4. The minimum absolute atomic E-state index is 0.0656. The standard InChI is InChI=1S/C21H25FN4OS/c22-18-6-3-5-17(15-18)21-26(20(27)16-28-21)10-4-9-24-11-13-25(14-12-24)19-7-1-2-8-23-19/h1-3,5-8,15,21H,4,9-14,16H2. The first kappa shape index (κ1) is 19.2. The zero-order valence-corrected chi connectivity index (χ0v) is 16.7. The van der Waals surface area contributed by atoms with E-state index in [0.717, 1.165) is 50.5 Å². The molecule has 0 N–H and O–H groups in total. The molecular formula is C21H25FN4OS. The number of rotatable bonds is 6. The van der Waals surface area contributed by atoms with Crippen molar-refractivity contribution in [2.24, 2.45) is 0 Å². The Kier molecular flexibility index (Phi) is 6.12. The fraction of sp³-hybridized carbons (Fsp3) is 0.429. The van der Waals surface area contributed by atoms with E-state index in [1.165, 1.54) is 6.07 Å². The Labute approximate surface area is 169 Å². The molecule has 0 radical (unpaired) electrons. The maximum absolute atomic E-state index is 13.6. The van der Waals surface area contributed by atoms with Crippen LogP contribution in [0.3, 0.4) is 0 Å². The van der Waals surface area contributed by atoms with Crippen molar-refractivity contribution >= 4 is 23.5 Å². The zero-order chi connectivity index (χ0) is 19.3. The van der Waals surface area contributed by atoms with Crippen LogP contribution in [0.1, 0.15) is 17.4 Å². The van der Waals surface area contributed by atoms with E-state index in [4.69, 9.17) is 0 Å². The van der Waals surface area contributed by atoms with E-state index >= 15 is 0 Å². The van der Waals surface area contributed by atoms with E-state index in [9.17, 15) is 9.18 Å². The van der Waals surface area contributed by atoms with E-state index in [0.29, 0.717) is 12.3 Å². The number of anilines is 1. The van der Waals surface area contributed by atoms with Gasteiger partial charge in [-0.3, -0.25) is 9.69 Å². The molecule has 4 rings (SSSR count). The van der Waals surface area contributed by atoms with Crippen LogP contribution in [-0.4, -0.2) is 65.7 Å². The highest BCUT2D eigenvalue weighted by atomic mass is 32.2. The van der Waals surface area contributed by atoms with Crippen molar-refractivity contribution < 1.29 is 9.18 Å². The summed E-state index contributed by atoms with van der Waals surface area (Å²) in [5, 5.41) is -0.0656. The minimum atomic E-state index is -0.247. The molecule has 2 fully saturated rings. The predicted molar refractivity (Wildman–Crippen MR) is 111 cm³/mol. The monoisotopic (exact) mass is 400 g/mol. The molecule has 28 heavy (non-hydrogen) atoms. The summed E-state index contributed by atoms with van der Waals surface area (Å²) >= 11 is 1.59. The number of benzene rings is 1. The summed E-state index contributed by atoms with van der Waals surface area (Å²) in [5.74, 6) is 1.42. The van der Waals surface area contributed by atoms with Crippen molar-refractivity contribution in [3.8, 4) is 0 Å². The molecule has 1 unspecified atom stereocenters. The van der Waals surface area contributed by atoms with Gasteiger partial charge in [0.2, 0.25) is 5.91 Å². The number of piperazine rings is 1. The smallest absolute Gasteiger partial charge is 0.233 e. The van der Waals surface area contributed by atoms with Gasteiger partial charge in [-0.25, -0.2) is 9.37 Å². The van der Waals surface area contributed by atoms with Crippen molar-refractivity contribution in [1.29, 1.82) is 0 Å². The molecule has 148 valence electrons. The Morgan fingerprint density at radius 2 is 1.93 bits per heavy atom. The number of amides is 1. The van der Waals surface area contributed by atoms with Crippen molar-refractivity contribution in [1.82, 2.24) is 14.8 Å². The van der Waals surface area contributed by atoms with Gasteiger partial charge < -0.3 is 9.80 Å². The summed E-state index contributed by atoms with van der Waals surface area (Å²) in [6.07, 6.45) is 2.77. The number of thioether (sulfide) groups is 1. The molecule has 1 amide bonds. The van der Waals surface area contributed by atoms with Crippen LogP contribution in [0.15, 0.2) is 48.7 Å². The summed E-state index contributed by atoms with van der Waals surface area (Å²) in [6.45, 7) is 5.65. The van der Waals surface area contributed by atoms with E-state index in [1.807, 2.05) is 29.3 Å². The van der Waals surface area contributed by atoms with Crippen LogP contribution in [0.4, 0.5) is 10.2 Å². The van der Waals surface area contributed by atoms with Crippen LogP contribution in [0.5, 0.6) is 0 Å². The maximum Gasteiger partial charge on any atom is 0.233 e. The lowest BCUT2D eigenvalue weighted by Crippen LogP contribution is -2.47. The normalized spacial score (nSPS) is 20.8. The molecule has 5 nitrogen and oxygen atoms in total. The molecule has 0 aliphatic carbocycles. The first-order valence-electron chi connectivity index (χ1n) is 9.75. The van der Waals surface area contributed by atoms with E-state index in [-0.39, 0.29) is 17.1 Å². The molecule has 1 atom stereocenters. The van der Waals surface area contributed by atoms with Gasteiger partial charge in [0, 0.05) is 38.9 Å². The third-order valence-electron chi connectivity index (χ3n) is 5.32.